The van der Waals surface area contributed by atoms with E-state index in [9.17, 15) is 0 Å². The summed E-state index contributed by atoms with van der Waals surface area (Å²) in [5.74, 6) is 1.38. The van der Waals surface area contributed by atoms with Gasteiger partial charge in [-0.1, -0.05) is 36.4 Å². The molecule has 94 valence electrons. The smallest absolute Gasteiger partial charge is 0.124 e. The van der Waals surface area contributed by atoms with Crippen molar-refractivity contribution in [3.05, 3.63) is 64.7 Å². The Hall–Kier alpha value is -1.47. The Bertz CT molecular complexity index is 520. The summed E-state index contributed by atoms with van der Waals surface area (Å²) in [5, 5.41) is 0. The second-order valence-electron chi connectivity index (χ2n) is 4.47. The van der Waals surface area contributed by atoms with E-state index in [4.69, 9.17) is 16.3 Å². The molecule has 0 aromatic heterocycles. The third kappa shape index (κ3) is 3.05. The van der Waals surface area contributed by atoms with E-state index in [1.54, 1.807) is 0 Å². The Labute approximate surface area is 113 Å². The second-order valence-corrected chi connectivity index (χ2v) is 4.73. The average Bonchev–Trinajstić information content (AvgIpc) is 2.37. The summed E-state index contributed by atoms with van der Waals surface area (Å²) in [6.07, 6.45) is 0. The molecule has 0 atom stereocenters. The quantitative estimate of drug-likeness (QED) is 0.729. The Morgan fingerprint density at radius 2 is 1.78 bits per heavy atom. The van der Waals surface area contributed by atoms with Gasteiger partial charge < -0.3 is 4.74 Å². The lowest BCUT2D eigenvalue weighted by atomic mass is 10.1. The van der Waals surface area contributed by atoms with E-state index in [0.29, 0.717) is 12.5 Å². The molecule has 0 aliphatic carbocycles. The molecule has 18 heavy (non-hydrogen) atoms. The van der Waals surface area contributed by atoms with Gasteiger partial charge >= 0.3 is 0 Å². The van der Waals surface area contributed by atoms with Crippen LogP contribution in [0, 0.1) is 13.8 Å². The van der Waals surface area contributed by atoms with Gasteiger partial charge in [-0.05, 0) is 36.6 Å². The van der Waals surface area contributed by atoms with Crippen LogP contribution in [-0.2, 0) is 12.5 Å². The highest BCUT2D eigenvalue weighted by Gasteiger charge is 2.07. The maximum atomic E-state index is 5.99. The van der Waals surface area contributed by atoms with Gasteiger partial charge in [-0.2, -0.15) is 0 Å². The lowest BCUT2D eigenvalue weighted by Gasteiger charge is -2.13. The Morgan fingerprint density at radius 1 is 1.06 bits per heavy atom. The molecular formula is C16H17ClO. The maximum Gasteiger partial charge on any atom is 0.124 e. The molecule has 1 nitrogen and oxygen atoms in total. The predicted molar refractivity (Wildman–Crippen MR) is 76.2 cm³/mol. The molecule has 2 rings (SSSR count). The fourth-order valence-corrected chi connectivity index (χ4v) is 2.34. The van der Waals surface area contributed by atoms with Gasteiger partial charge in [-0.3, -0.25) is 0 Å². The third-order valence-electron chi connectivity index (χ3n) is 2.95. The highest BCUT2D eigenvalue weighted by atomic mass is 35.5. The van der Waals surface area contributed by atoms with Crippen LogP contribution in [0.1, 0.15) is 22.3 Å². The number of aryl methyl sites for hydroxylation is 2. The highest BCUT2D eigenvalue weighted by Crippen LogP contribution is 2.26. The van der Waals surface area contributed by atoms with Gasteiger partial charge in [0, 0.05) is 5.56 Å². The van der Waals surface area contributed by atoms with Crippen molar-refractivity contribution in [3.63, 3.8) is 0 Å². The number of benzene rings is 2. The van der Waals surface area contributed by atoms with Gasteiger partial charge in [0.15, 0.2) is 0 Å². The minimum Gasteiger partial charge on any atom is -0.489 e. The minimum atomic E-state index is 0.482. The van der Waals surface area contributed by atoms with E-state index in [0.717, 1.165) is 16.9 Å². The zero-order chi connectivity index (χ0) is 13.0. The van der Waals surface area contributed by atoms with E-state index in [-0.39, 0.29) is 0 Å². The minimum absolute atomic E-state index is 0.482. The van der Waals surface area contributed by atoms with Gasteiger partial charge in [0.25, 0.3) is 0 Å². The molecule has 0 aliphatic rings. The van der Waals surface area contributed by atoms with E-state index >= 15 is 0 Å². The first-order valence-corrected chi connectivity index (χ1v) is 6.57. The normalized spacial score (nSPS) is 10.4. The summed E-state index contributed by atoms with van der Waals surface area (Å²) in [7, 11) is 0. The third-order valence-corrected chi connectivity index (χ3v) is 3.21. The van der Waals surface area contributed by atoms with Gasteiger partial charge in [-0.25, -0.2) is 0 Å². The molecule has 0 saturated carbocycles. The van der Waals surface area contributed by atoms with Crippen molar-refractivity contribution in [2.75, 3.05) is 0 Å². The van der Waals surface area contributed by atoms with Crippen LogP contribution in [0.5, 0.6) is 5.75 Å². The number of alkyl halides is 1. The summed E-state index contributed by atoms with van der Waals surface area (Å²) < 4.78 is 5.89. The van der Waals surface area contributed by atoms with Crippen LogP contribution in [0.3, 0.4) is 0 Å². The number of hydrogen-bond donors (Lipinski definition) is 0. The molecule has 0 heterocycles. The number of ether oxygens (including phenoxy) is 1. The van der Waals surface area contributed by atoms with Gasteiger partial charge in [0.05, 0.1) is 5.88 Å². The summed E-state index contributed by atoms with van der Waals surface area (Å²) in [5.41, 5.74) is 4.63. The van der Waals surface area contributed by atoms with E-state index < -0.39 is 0 Å². The first kappa shape index (κ1) is 13.0. The largest absolute Gasteiger partial charge is 0.489 e. The molecule has 0 saturated heterocycles. The Morgan fingerprint density at radius 3 is 2.44 bits per heavy atom. The molecule has 2 heteroatoms. The van der Waals surface area contributed by atoms with E-state index in [1.165, 1.54) is 11.1 Å². The molecule has 0 unspecified atom stereocenters. The predicted octanol–water partition coefficient (Wildman–Crippen LogP) is 4.62. The standard InChI is InChI=1S/C16H17ClO/c1-12-8-13(2)15(10-17)16(9-12)18-11-14-6-4-3-5-7-14/h3-9H,10-11H2,1-2H3. The molecule has 0 fully saturated rings. The first-order valence-electron chi connectivity index (χ1n) is 6.03. The molecule has 2 aromatic rings. The van der Waals surface area contributed by atoms with Crippen LogP contribution in [0.4, 0.5) is 0 Å². The van der Waals surface area contributed by atoms with E-state index in [1.807, 2.05) is 24.3 Å². The SMILES string of the molecule is Cc1cc(C)c(CCl)c(OCc2ccccc2)c1. The molecule has 0 N–H and O–H groups in total. The monoisotopic (exact) mass is 260 g/mol. The van der Waals surface area contributed by atoms with Crippen molar-refractivity contribution in [1.82, 2.24) is 0 Å². The molecule has 0 aliphatic heterocycles. The molecular weight excluding hydrogens is 244 g/mol. The van der Waals surface area contributed by atoms with Crippen LogP contribution >= 0.6 is 11.6 Å². The number of halogens is 1. The van der Waals surface area contributed by atoms with Crippen LogP contribution < -0.4 is 4.74 Å². The fourth-order valence-electron chi connectivity index (χ4n) is 1.99. The molecule has 0 bridgehead atoms. The summed E-state index contributed by atoms with van der Waals surface area (Å²) >= 11 is 5.99. The molecule has 0 spiro atoms. The Kier molecular flexibility index (Phi) is 4.27. The van der Waals surface area contributed by atoms with Crippen molar-refractivity contribution in [3.8, 4) is 5.75 Å². The van der Waals surface area contributed by atoms with Crippen molar-refractivity contribution < 1.29 is 4.74 Å². The molecule has 0 radical (unpaired) electrons. The zero-order valence-corrected chi connectivity index (χ0v) is 11.5. The zero-order valence-electron chi connectivity index (χ0n) is 10.7. The van der Waals surface area contributed by atoms with Crippen LogP contribution in [0.15, 0.2) is 42.5 Å². The fraction of sp³-hybridized carbons (Fsp3) is 0.250. The topological polar surface area (TPSA) is 9.23 Å². The maximum absolute atomic E-state index is 5.99. The second kappa shape index (κ2) is 5.92. The number of hydrogen-bond acceptors (Lipinski definition) is 1. The average molecular weight is 261 g/mol. The van der Waals surface area contributed by atoms with Crippen LogP contribution in [0.25, 0.3) is 0 Å². The van der Waals surface area contributed by atoms with Crippen molar-refractivity contribution >= 4 is 11.6 Å². The molecule has 0 amide bonds. The lowest BCUT2D eigenvalue weighted by Crippen LogP contribution is -2.00. The number of rotatable bonds is 4. The van der Waals surface area contributed by atoms with Crippen LogP contribution in [0.2, 0.25) is 0 Å². The Balaban J connectivity index is 2.18. The lowest BCUT2D eigenvalue weighted by molar-refractivity contribution is 0.303. The van der Waals surface area contributed by atoms with Crippen molar-refractivity contribution in [2.24, 2.45) is 0 Å². The highest BCUT2D eigenvalue weighted by molar-refractivity contribution is 6.17. The molecule has 2 aromatic carbocycles. The summed E-state index contributed by atoms with van der Waals surface area (Å²) in [6.45, 7) is 4.72. The van der Waals surface area contributed by atoms with Gasteiger partial charge in [-0.15, -0.1) is 11.6 Å². The van der Waals surface area contributed by atoms with Crippen molar-refractivity contribution in [1.29, 1.82) is 0 Å². The van der Waals surface area contributed by atoms with Gasteiger partial charge in [0.2, 0.25) is 0 Å². The summed E-state index contributed by atoms with van der Waals surface area (Å²) in [4.78, 5) is 0. The first-order chi connectivity index (χ1) is 8.70. The summed E-state index contributed by atoms with van der Waals surface area (Å²) in [6, 6.07) is 14.3. The van der Waals surface area contributed by atoms with Crippen molar-refractivity contribution in [2.45, 2.75) is 26.3 Å². The van der Waals surface area contributed by atoms with Gasteiger partial charge in [0.1, 0.15) is 12.4 Å². The van der Waals surface area contributed by atoms with E-state index in [2.05, 4.69) is 32.0 Å². The van der Waals surface area contributed by atoms with Crippen LogP contribution in [-0.4, -0.2) is 0 Å².